The first-order valence-corrected chi connectivity index (χ1v) is 12.6. The van der Waals surface area contributed by atoms with E-state index >= 15 is 0 Å². The van der Waals surface area contributed by atoms with Crippen LogP contribution in [0, 0.1) is 10.1 Å². The van der Waals surface area contributed by atoms with E-state index in [0.717, 1.165) is 48.2 Å². The van der Waals surface area contributed by atoms with Crippen molar-refractivity contribution in [1.82, 2.24) is 19.7 Å². The number of hydrogen-bond acceptors (Lipinski definition) is 5. The maximum Gasteiger partial charge on any atom is 0.269 e. The lowest BCUT2D eigenvalue weighted by Gasteiger charge is -2.47. The number of carbonyl (C=O) groups excluding carboxylic acids is 2. The fourth-order valence-corrected chi connectivity index (χ4v) is 5.69. The Morgan fingerprint density at radius 2 is 1.89 bits per heavy atom. The van der Waals surface area contributed by atoms with E-state index in [1.807, 2.05) is 24.3 Å². The van der Waals surface area contributed by atoms with E-state index < -0.39 is 17.0 Å². The molecule has 1 aromatic heterocycles. The van der Waals surface area contributed by atoms with Gasteiger partial charge in [-0.3, -0.25) is 19.7 Å². The highest BCUT2D eigenvalue weighted by Gasteiger charge is 2.48. The van der Waals surface area contributed by atoms with Gasteiger partial charge in [-0.15, -0.1) is 0 Å². The lowest BCUT2D eigenvalue weighted by atomic mass is 9.86. The predicted molar refractivity (Wildman–Crippen MR) is 137 cm³/mol. The Balaban J connectivity index is 1.53. The third-order valence-electron chi connectivity index (χ3n) is 7.54. The zero-order valence-electron chi connectivity index (χ0n) is 20.6. The van der Waals surface area contributed by atoms with Crippen molar-refractivity contribution in [3.63, 3.8) is 0 Å². The largest absolute Gasteiger partial charge is 0.356 e. The molecule has 2 aromatic carbocycles. The Bertz CT molecular complexity index is 1310. The summed E-state index contributed by atoms with van der Waals surface area (Å²) in [5.41, 5.74) is 3.33. The predicted octanol–water partition coefficient (Wildman–Crippen LogP) is 3.49. The highest BCUT2D eigenvalue weighted by molar-refractivity contribution is 5.97. The van der Waals surface area contributed by atoms with Gasteiger partial charge in [0.25, 0.3) is 5.69 Å². The summed E-state index contributed by atoms with van der Waals surface area (Å²) in [6, 6.07) is 13.0. The molecule has 0 unspecified atom stereocenters. The average Bonchev–Trinajstić information content (AvgIpc) is 3.26. The quantitative estimate of drug-likeness (QED) is 0.385. The van der Waals surface area contributed by atoms with Crippen LogP contribution in [0.4, 0.5) is 5.69 Å². The lowest BCUT2D eigenvalue weighted by molar-refractivity contribution is -0.384. The van der Waals surface area contributed by atoms with Gasteiger partial charge in [0.2, 0.25) is 11.8 Å². The number of benzene rings is 2. The minimum atomic E-state index is -0.643. The molecule has 1 fully saturated rings. The minimum absolute atomic E-state index is 0.0224. The Labute approximate surface area is 209 Å². The molecule has 188 valence electrons. The van der Waals surface area contributed by atoms with Crippen LogP contribution in [-0.4, -0.2) is 75.2 Å². The molecular weight excluding hydrogens is 458 g/mol. The summed E-state index contributed by atoms with van der Waals surface area (Å²) in [5.74, 6) is -0.191. The first-order chi connectivity index (χ1) is 17.4. The second kappa shape index (κ2) is 9.73. The summed E-state index contributed by atoms with van der Waals surface area (Å²) >= 11 is 0. The van der Waals surface area contributed by atoms with Gasteiger partial charge in [-0.1, -0.05) is 44.2 Å². The van der Waals surface area contributed by atoms with Crippen LogP contribution in [0.1, 0.15) is 43.1 Å². The number of hydrogen-bond donors (Lipinski definition) is 1. The van der Waals surface area contributed by atoms with Crippen LogP contribution in [0.15, 0.2) is 48.5 Å². The van der Waals surface area contributed by atoms with Gasteiger partial charge in [0.1, 0.15) is 6.04 Å². The molecule has 2 atom stereocenters. The molecule has 3 aromatic rings. The second-order valence-corrected chi connectivity index (χ2v) is 9.48. The normalized spacial score (nSPS) is 19.6. The van der Waals surface area contributed by atoms with Crippen LogP contribution in [-0.2, 0) is 16.0 Å². The van der Waals surface area contributed by atoms with Crippen molar-refractivity contribution in [2.45, 2.75) is 38.8 Å². The molecule has 5 rings (SSSR count). The molecule has 2 aliphatic heterocycles. The van der Waals surface area contributed by atoms with Gasteiger partial charge in [-0.25, -0.2) is 0 Å². The first kappa shape index (κ1) is 24.0. The summed E-state index contributed by atoms with van der Waals surface area (Å²) in [7, 11) is 0. The Morgan fingerprint density at radius 1 is 1.11 bits per heavy atom. The molecule has 9 nitrogen and oxygen atoms in total. The van der Waals surface area contributed by atoms with Crippen molar-refractivity contribution in [3.05, 3.63) is 75.5 Å². The number of nitrogens with zero attached hydrogens (tertiary/aromatic N) is 4. The number of H-pyrrole nitrogens is 1. The van der Waals surface area contributed by atoms with Gasteiger partial charge in [0.15, 0.2) is 0 Å². The van der Waals surface area contributed by atoms with Crippen LogP contribution >= 0.6 is 0 Å². The number of nitro benzene ring substituents is 1. The van der Waals surface area contributed by atoms with Crippen molar-refractivity contribution >= 4 is 28.4 Å². The zero-order chi connectivity index (χ0) is 25.4. The number of carbonyl (C=O) groups is 2. The SMILES string of the molecule is CCN(CC)CCCN1CC(=O)N2[C@H](c3cccc([N+](=O)[O-])c3)c3[nH]c4ccccc4c3C[C@H]2C1=O. The number of aromatic amines is 1. The maximum absolute atomic E-state index is 13.7. The van der Waals surface area contributed by atoms with Gasteiger partial charge in [-0.05, 0) is 43.2 Å². The van der Waals surface area contributed by atoms with E-state index in [2.05, 4.69) is 23.7 Å². The Morgan fingerprint density at radius 3 is 2.64 bits per heavy atom. The molecule has 0 aliphatic carbocycles. The standard InChI is InChI=1S/C27H31N5O4/c1-3-29(4-2)13-8-14-30-17-24(33)31-23(27(30)34)16-21-20-11-5-6-12-22(20)28-25(21)26(31)18-9-7-10-19(15-18)32(35)36/h5-7,9-12,15,23,26,28H,3-4,8,13-14,16-17H2,1-2H3/t23-,26+/m0/s1. The minimum Gasteiger partial charge on any atom is -0.356 e. The van der Waals surface area contributed by atoms with Crippen LogP contribution in [0.2, 0.25) is 0 Å². The van der Waals surface area contributed by atoms with E-state index in [1.165, 1.54) is 12.1 Å². The zero-order valence-corrected chi connectivity index (χ0v) is 20.6. The molecule has 2 amide bonds. The summed E-state index contributed by atoms with van der Waals surface area (Å²) in [4.78, 5) is 47.5. The van der Waals surface area contributed by atoms with E-state index in [0.29, 0.717) is 18.5 Å². The van der Waals surface area contributed by atoms with Gasteiger partial charge < -0.3 is 19.7 Å². The van der Waals surface area contributed by atoms with Gasteiger partial charge in [-0.2, -0.15) is 0 Å². The number of para-hydroxylation sites is 1. The Hall–Kier alpha value is -3.72. The number of amides is 2. The molecule has 1 N–H and O–H groups in total. The second-order valence-electron chi connectivity index (χ2n) is 9.48. The molecule has 36 heavy (non-hydrogen) atoms. The molecule has 3 heterocycles. The van der Waals surface area contributed by atoms with Crippen molar-refractivity contribution in [2.75, 3.05) is 32.7 Å². The summed E-state index contributed by atoms with van der Waals surface area (Å²) in [6.45, 7) is 7.57. The first-order valence-electron chi connectivity index (χ1n) is 12.6. The van der Waals surface area contributed by atoms with Crippen molar-refractivity contribution < 1.29 is 14.5 Å². The number of piperazine rings is 1. The number of non-ortho nitro benzene ring substituents is 1. The van der Waals surface area contributed by atoms with E-state index in [9.17, 15) is 19.7 Å². The maximum atomic E-state index is 13.7. The van der Waals surface area contributed by atoms with Crippen molar-refractivity contribution in [2.24, 2.45) is 0 Å². The molecule has 0 saturated carbocycles. The van der Waals surface area contributed by atoms with E-state index in [1.54, 1.807) is 21.9 Å². The summed E-state index contributed by atoms with van der Waals surface area (Å²) < 4.78 is 0. The summed E-state index contributed by atoms with van der Waals surface area (Å²) in [6.07, 6.45) is 1.22. The molecule has 0 spiro atoms. The highest BCUT2D eigenvalue weighted by atomic mass is 16.6. The number of fused-ring (bicyclic) bond motifs is 4. The molecule has 2 aliphatic rings. The fraction of sp³-hybridized carbons (Fsp3) is 0.407. The molecule has 0 bridgehead atoms. The number of nitrogens with one attached hydrogen (secondary N) is 1. The van der Waals surface area contributed by atoms with Gasteiger partial charge in [0.05, 0.1) is 17.5 Å². The molecular formula is C27H31N5O4. The van der Waals surface area contributed by atoms with Crippen LogP contribution in [0.25, 0.3) is 10.9 Å². The molecule has 0 radical (unpaired) electrons. The topological polar surface area (TPSA) is 103 Å². The number of nitro groups is 1. The average molecular weight is 490 g/mol. The van der Waals surface area contributed by atoms with Crippen molar-refractivity contribution in [3.8, 4) is 0 Å². The van der Waals surface area contributed by atoms with Gasteiger partial charge >= 0.3 is 0 Å². The Kier molecular flexibility index (Phi) is 6.49. The smallest absolute Gasteiger partial charge is 0.269 e. The number of rotatable bonds is 8. The van der Waals surface area contributed by atoms with Crippen molar-refractivity contribution in [1.29, 1.82) is 0 Å². The number of aromatic nitrogens is 1. The van der Waals surface area contributed by atoms with Crippen LogP contribution in [0.3, 0.4) is 0 Å². The summed E-state index contributed by atoms with van der Waals surface area (Å²) in [5, 5.41) is 12.5. The fourth-order valence-electron chi connectivity index (χ4n) is 5.69. The van der Waals surface area contributed by atoms with Crippen LogP contribution in [0.5, 0.6) is 0 Å². The molecule has 1 saturated heterocycles. The third-order valence-corrected chi connectivity index (χ3v) is 7.54. The monoisotopic (exact) mass is 489 g/mol. The van der Waals surface area contributed by atoms with Gasteiger partial charge in [0, 0.05) is 41.7 Å². The highest BCUT2D eigenvalue weighted by Crippen LogP contribution is 2.43. The third kappa shape index (κ3) is 4.13. The lowest BCUT2D eigenvalue weighted by Crippen LogP contribution is -2.63. The van der Waals surface area contributed by atoms with E-state index in [4.69, 9.17) is 0 Å². The van der Waals surface area contributed by atoms with Crippen LogP contribution < -0.4 is 0 Å². The molecule has 9 heteroatoms. The van der Waals surface area contributed by atoms with E-state index in [-0.39, 0.29) is 24.0 Å².